The van der Waals surface area contributed by atoms with Crippen LogP contribution in [0.3, 0.4) is 0 Å². The number of carbonyl (C=O) groups is 1. The Balaban J connectivity index is 2.20. The molecule has 0 aliphatic rings. The van der Waals surface area contributed by atoms with Crippen LogP contribution in [0.15, 0.2) is 18.2 Å². The number of phenols is 1. The van der Waals surface area contributed by atoms with Crippen LogP contribution in [0.1, 0.15) is 5.69 Å². The smallest absolute Gasteiger partial charge is 0.408 e. The van der Waals surface area contributed by atoms with Crippen LogP contribution in [-0.4, -0.2) is 30.6 Å². The number of aromatic hydroxyl groups is 1. The normalized spacial score (nSPS) is 10.4. The number of carbonyl (C=O) groups excluding carboxylic acids is 1. The molecule has 11 nitrogen and oxygen atoms in total. The van der Waals surface area contributed by atoms with Gasteiger partial charge in [-0.3, -0.25) is 14.9 Å². The van der Waals surface area contributed by atoms with E-state index < -0.39 is 28.1 Å². The molecule has 1 aromatic heterocycles. The van der Waals surface area contributed by atoms with Crippen molar-refractivity contribution in [2.24, 2.45) is 0 Å². The van der Waals surface area contributed by atoms with Gasteiger partial charge in [0.05, 0.1) is 21.4 Å². The van der Waals surface area contributed by atoms with Gasteiger partial charge >= 0.3 is 5.82 Å². The number of nitrogens with one attached hydrogen (secondary N) is 1. The van der Waals surface area contributed by atoms with Crippen molar-refractivity contribution in [2.45, 2.75) is 13.5 Å². The molecular weight excluding hydrogens is 346 g/mol. The van der Waals surface area contributed by atoms with E-state index in [0.717, 1.165) is 22.9 Å². The summed E-state index contributed by atoms with van der Waals surface area (Å²) >= 11 is 5.76. The van der Waals surface area contributed by atoms with Crippen molar-refractivity contribution in [1.82, 2.24) is 9.78 Å². The summed E-state index contributed by atoms with van der Waals surface area (Å²) < 4.78 is 1.02. The highest BCUT2D eigenvalue weighted by atomic mass is 35.5. The molecule has 0 spiro atoms. The van der Waals surface area contributed by atoms with Gasteiger partial charge in [-0.2, -0.15) is 4.68 Å². The van der Waals surface area contributed by atoms with Gasteiger partial charge in [0.15, 0.2) is 5.02 Å². The zero-order chi connectivity index (χ0) is 18.0. The van der Waals surface area contributed by atoms with E-state index >= 15 is 0 Å². The van der Waals surface area contributed by atoms with Crippen molar-refractivity contribution in [3.8, 4) is 5.75 Å². The molecule has 0 saturated heterocycles. The minimum atomic E-state index is -0.782. The Labute approximate surface area is 138 Å². The third-order valence-electron chi connectivity index (χ3n) is 3.05. The van der Waals surface area contributed by atoms with Crippen molar-refractivity contribution in [3.05, 3.63) is 49.1 Å². The van der Waals surface area contributed by atoms with Crippen molar-refractivity contribution >= 4 is 34.7 Å². The summed E-state index contributed by atoms with van der Waals surface area (Å²) in [5.41, 5.74) is -0.279. The average Bonchev–Trinajstić information content (AvgIpc) is 2.77. The number of nitrogens with zero attached hydrogens (tertiary/aromatic N) is 4. The van der Waals surface area contributed by atoms with Gasteiger partial charge in [-0.05, 0) is 17.9 Å². The quantitative estimate of drug-likeness (QED) is 0.472. The summed E-state index contributed by atoms with van der Waals surface area (Å²) in [5.74, 6) is -1.65. The van der Waals surface area contributed by atoms with Crippen LogP contribution in [-0.2, 0) is 11.3 Å². The second-order valence-corrected chi connectivity index (χ2v) is 5.02. The largest absolute Gasteiger partial charge is 0.506 e. The SMILES string of the molecule is Cc1c(Cl)c([N+](=O)[O-])nn1CC(=O)Nc1cc([N+](=O)[O-])ccc1O. The summed E-state index contributed by atoms with van der Waals surface area (Å²) in [6.45, 7) is 1.02. The fourth-order valence-corrected chi connectivity index (χ4v) is 2.05. The third-order valence-corrected chi connectivity index (χ3v) is 3.49. The number of nitro groups is 2. The first kappa shape index (κ1) is 17.1. The molecule has 0 atom stereocenters. The van der Waals surface area contributed by atoms with Crippen molar-refractivity contribution in [2.75, 3.05) is 5.32 Å². The molecule has 2 rings (SSSR count). The Morgan fingerprint density at radius 2 is 2.04 bits per heavy atom. The molecule has 2 aromatic rings. The molecule has 2 N–H and O–H groups in total. The van der Waals surface area contributed by atoms with Crippen LogP contribution >= 0.6 is 11.6 Å². The topological polar surface area (TPSA) is 153 Å². The summed E-state index contributed by atoms with van der Waals surface area (Å²) in [7, 11) is 0. The van der Waals surface area contributed by atoms with Gasteiger partial charge in [0.2, 0.25) is 5.91 Å². The molecule has 12 heteroatoms. The lowest BCUT2D eigenvalue weighted by molar-refractivity contribution is -0.389. The van der Waals surface area contributed by atoms with E-state index in [0.29, 0.717) is 0 Å². The average molecular weight is 356 g/mol. The molecule has 0 fully saturated rings. The highest BCUT2D eigenvalue weighted by Crippen LogP contribution is 2.28. The number of non-ortho nitro benzene ring substituents is 1. The maximum absolute atomic E-state index is 12.0. The molecule has 0 aliphatic heterocycles. The van der Waals surface area contributed by atoms with Crippen molar-refractivity contribution in [3.63, 3.8) is 0 Å². The molecule has 1 amide bonds. The van der Waals surface area contributed by atoms with Gasteiger partial charge in [-0.1, -0.05) is 11.6 Å². The Hall–Kier alpha value is -3.21. The molecule has 1 heterocycles. The number of hydrogen-bond donors (Lipinski definition) is 2. The van der Waals surface area contributed by atoms with E-state index in [2.05, 4.69) is 10.4 Å². The van der Waals surface area contributed by atoms with E-state index in [1.165, 1.54) is 6.92 Å². The van der Waals surface area contributed by atoms with Gasteiger partial charge in [-0.15, -0.1) is 0 Å². The number of hydrogen-bond acceptors (Lipinski definition) is 7. The number of nitro benzene ring substituents is 1. The van der Waals surface area contributed by atoms with Gasteiger partial charge in [-0.25, -0.2) is 0 Å². The van der Waals surface area contributed by atoms with E-state index in [4.69, 9.17) is 11.6 Å². The first-order valence-electron chi connectivity index (χ1n) is 6.35. The molecule has 24 heavy (non-hydrogen) atoms. The summed E-state index contributed by atoms with van der Waals surface area (Å²) in [4.78, 5) is 32.0. The van der Waals surface area contributed by atoms with Gasteiger partial charge < -0.3 is 20.5 Å². The number of benzene rings is 1. The summed E-state index contributed by atoms with van der Waals surface area (Å²) in [6.07, 6.45) is 0. The molecule has 0 saturated carbocycles. The van der Waals surface area contributed by atoms with Crippen LogP contribution in [0, 0.1) is 27.2 Å². The minimum Gasteiger partial charge on any atom is -0.506 e. The van der Waals surface area contributed by atoms with E-state index in [1.807, 2.05) is 0 Å². The van der Waals surface area contributed by atoms with Crippen LogP contribution in [0.2, 0.25) is 5.02 Å². The van der Waals surface area contributed by atoms with Crippen molar-refractivity contribution < 1.29 is 19.7 Å². The zero-order valence-electron chi connectivity index (χ0n) is 12.1. The van der Waals surface area contributed by atoms with Crippen LogP contribution in [0.4, 0.5) is 17.2 Å². The molecule has 0 unspecified atom stereocenters. The number of halogens is 1. The second kappa shape index (κ2) is 6.50. The third kappa shape index (κ3) is 3.41. The molecule has 0 bridgehead atoms. The van der Waals surface area contributed by atoms with Gasteiger partial charge in [0.1, 0.15) is 12.3 Å². The Kier molecular flexibility index (Phi) is 4.64. The number of aromatic nitrogens is 2. The first-order valence-corrected chi connectivity index (χ1v) is 6.73. The van der Waals surface area contributed by atoms with E-state index in [1.54, 1.807) is 0 Å². The Morgan fingerprint density at radius 1 is 1.38 bits per heavy atom. The summed E-state index contributed by atoms with van der Waals surface area (Å²) in [6, 6.07) is 3.12. The molecule has 126 valence electrons. The minimum absolute atomic E-state index is 0.167. The van der Waals surface area contributed by atoms with E-state index in [9.17, 15) is 30.1 Å². The number of phenolic OH excluding ortho intramolecular Hbond substituents is 1. The number of amides is 1. The fourth-order valence-electron chi connectivity index (χ4n) is 1.84. The predicted octanol–water partition coefficient (Wildman–Crippen LogP) is 2.01. The van der Waals surface area contributed by atoms with Crippen LogP contribution < -0.4 is 5.32 Å². The van der Waals surface area contributed by atoms with Crippen LogP contribution in [0.25, 0.3) is 0 Å². The van der Waals surface area contributed by atoms with E-state index in [-0.39, 0.29) is 27.8 Å². The number of rotatable bonds is 5. The lowest BCUT2D eigenvalue weighted by Gasteiger charge is -2.06. The summed E-state index contributed by atoms with van der Waals surface area (Å²) in [5, 5.41) is 36.8. The predicted molar refractivity (Wildman–Crippen MR) is 82.0 cm³/mol. The molecular formula is C12H10ClN5O6. The van der Waals surface area contributed by atoms with Gasteiger partial charge in [0, 0.05) is 12.1 Å². The monoisotopic (exact) mass is 355 g/mol. The Morgan fingerprint density at radius 3 is 2.58 bits per heavy atom. The molecule has 0 radical (unpaired) electrons. The number of anilines is 1. The lowest BCUT2D eigenvalue weighted by Crippen LogP contribution is -2.20. The lowest BCUT2D eigenvalue weighted by atomic mass is 10.2. The second-order valence-electron chi connectivity index (χ2n) is 4.64. The zero-order valence-corrected chi connectivity index (χ0v) is 12.9. The highest BCUT2D eigenvalue weighted by molar-refractivity contribution is 6.33. The fraction of sp³-hybridized carbons (Fsp3) is 0.167. The van der Waals surface area contributed by atoms with Crippen molar-refractivity contribution in [1.29, 1.82) is 0 Å². The molecule has 0 aliphatic carbocycles. The molecule has 1 aromatic carbocycles. The Bertz CT molecular complexity index is 849. The maximum Gasteiger partial charge on any atom is 0.408 e. The van der Waals surface area contributed by atoms with Gasteiger partial charge in [0.25, 0.3) is 5.69 Å². The highest BCUT2D eigenvalue weighted by Gasteiger charge is 2.25. The maximum atomic E-state index is 12.0. The standard InChI is InChI=1S/C12H10ClN5O6/c1-6-11(13)12(18(23)24)15-16(6)5-10(20)14-8-4-7(17(21)22)2-3-9(8)19/h2-4,19H,5H2,1H3,(H,14,20). The van der Waals surface area contributed by atoms with Crippen LogP contribution in [0.5, 0.6) is 5.75 Å². The first-order chi connectivity index (χ1) is 11.2.